The van der Waals surface area contributed by atoms with Crippen LogP contribution >= 0.6 is 0 Å². The number of aromatic nitrogens is 6. The number of rotatable bonds is 5. The maximum atomic E-state index is 12.4. The number of nitrogen functional groups attached to an aromatic ring is 1. The van der Waals surface area contributed by atoms with Crippen LogP contribution in [0, 0.1) is 0 Å². The van der Waals surface area contributed by atoms with Crippen LogP contribution in [0.4, 0.5) is 5.82 Å². The summed E-state index contributed by atoms with van der Waals surface area (Å²) >= 11 is 0. The number of hydrogen-bond acceptors (Lipinski definition) is 9. The summed E-state index contributed by atoms with van der Waals surface area (Å²) in [6, 6.07) is 3.51. The molecule has 0 aliphatic heterocycles. The molecule has 0 saturated carbocycles. The molecule has 0 aliphatic carbocycles. The van der Waals surface area contributed by atoms with Crippen molar-refractivity contribution < 1.29 is 9.42 Å². The van der Waals surface area contributed by atoms with Gasteiger partial charge in [0.05, 0.1) is 11.9 Å². The lowest BCUT2D eigenvalue weighted by Gasteiger charge is -2.08. The van der Waals surface area contributed by atoms with E-state index in [1.54, 1.807) is 24.5 Å². The van der Waals surface area contributed by atoms with E-state index >= 15 is 0 Å². The molecule has 128 valence electrons. The van der Waals surface area contributed by atoms with E-state index in [-0.39, 0.29) is 23.2 Å². The molecule has 3 N–H and O–H groups in total. The van der Waals surface area contributed by atoms with Crippen LogP contribution in [0.1, 0.15) is 41.5 Å². The SMILES string of the molecule is CC(C)c1c(C(=O)N/N=C\c2ccncc2)nnn1-c1nonc1N. The molecular formula is C14H15N9O2. The highest BCUT2D eigenvalue weighted by atomic mass is 16.6. The molecule has 3 heterocycles. The van der Waals surface area contributed by atoms with Crippen LogP contribution in [0.25, 0.3) is 5.82 Å². The van der Waals surface area contributed by atoms with E-state index in [0.717, 1.165) is 5.56 Å². The van der Waals surface area contributed by atoms with E-state index in [9.17, 15) is 4.79 Å². The molecule has 3 aromatic heterocycles. The molecule has 0 aromatic carbocycles. The van der Waals surface area contributed by atoms with E-state index in [1.165, 1.54) is 10.9 Å². The number of nitrogens with two attached hydrogens (primary N) is 1. The second kappa shape index (κ2) is 6.86. The van der Waals surface area contributed by atoms with E-state index < -0.39 is 5.91 Å². The molecular weight excluding hydrogens is 326 g/mol. The van der Waals surface area contributed by atoms with Gasteiger partial charge in [0, 0.05) is 12.4 Å². The van der Waals surface area contributed by atoms with Crippen molar-refractivity contribution >= 4 is 17.9 Å². The molecule has 11 nitrogen and oxygen atoms in total. The minimum atomic E-state index is -0.504. The Labute approximate surface area is 141 Å². The maximum Gasteiger partial charge on any atom is 0.293 e. The highest BCUT2D eigenvalue weighted by molar-refractivity contribution is 5.94. The Hall–Kier alpha value is -3.63. The normalized spacial score (nSPS) is 11.3. The average molecular weight is 341 g/mol. The lowest BCUT2D eigenvalue weighted by atomic mass is 10.1. The highest BCUT2D eigenvalue weighted by Gasteiger charge is 2.25. The molecule has 3 aromatic rings. The fraction of sp³-hybridized carbons (Fsp3) is 0.214. The quantitative estimate of drug-likeness (QED) is 0.503. The van der Waals surface area contributed by atoms with Gasteiger partial charge in [-0.05, 0) is 33.9 Å². The zero-order chi connectivity index (χ0) is 17.8. The van der Waals surface area contributed by atoms with Crippen molar-refractivity contribution in [1.82, 2.24) is 35.7 Å². The summed E-state index contributed by atoms with van der Waals surface area (Å²) in [6.45, 7) is 3.77. The second-order valence-electron chi connectivity index (χ2n) is 5.34. The first kappa shape index (κ1) is 16.2. The summed E-state index contributed by atoms with van der Waals surface area (Å²) in [6.07, 6.45) is 4.75. The summed E-state index contributed by atoms with van der Waals surface area (Å²) in [7, 11) is 0. The van der Waals surface area contributed by atoms with Crippen molar-refractivity contribution in [1.29, 1.82) is 0 Å². The number of nitrogens with zero attached hydrogens (tertiary/aromatic N) is 7. The molecule has 1 amide bonds. The van der Waals surface area contributed by atoms with Gasteiger partial charge >= 0.3 is 0 Å². The summed E-state index contributed by atoms with van der Waals surface area (Å²) in [5.74, 6) is -0.365. The Balaban J connectivity index is 1.84. The first-order valence-corrected chi connectivity index (χ1v) is 7.35. The van der Waals surface area contributed by atoms with E-state index in [4.69, 9.17) is 5.73 Å². The molecule has 3 rings (SSSR count). The molecule has 0 radical (unpaired) electrons. The lowest BCUT2D eigenvalue weighted by molar-refractivity contribution is 0.0948. The van der Waals surface area contributed by atoms with Crippen LogP contribution < -0.4 is 11.2 Å². The first-order chi connectivity index (χ1) is 12.1. The Morgan fingerprint density at radius 3 is 2.76 bits per heavy atom. The van der Waals surface area contributed by atoms with Gasteiger partial charge in [-0.25, -0.2) is 10.1 Å². The van der Waals surface area contributed by atoms with Crippen LogP contribution in [0.15, 0.2) is 34.3 Å². The van der Waals surface area contributed by atoms with Crippen LogP contribution in [0.5, 0.6) is 0 Å². The Kier molecular flexibility index (Phi) is 4.46. The number of nitrogens with one attached hydrogen (secondary N) is 1. The van der Waals surface area contributed by atoms with Gasteiger partial charge in [0.15, 0.2) is 5.69 Å². The summed E-state index contributed by atoms with van der Waals surface area (Å²) in [4.78, 5) is 16.3. The molecule has 0 spiro atoms. The largest absolute Gasteiger partial charge is 0.378 e. The van der Waals surface area contributed by atoms with Crippen LogP contribution in [0.2, 0.25) is 0 Å². The highest BCUT2D eigenvalue weighted by Crippen LogP contribution is 2.22. The summed E-state index contributed by atoms with van der Waals surface area (Å²) < 4.78 is 5.91. The summed E-state index contributed by atoms with van der Waals surface area (Å²) in [5, 5.41) is 18.9. The van der Waals surface area contributed by atoms with Crippen LogP contribution in [-0.4, -0.2) is 42.4 Å². The fourth-order valence-corrected chi connectivity index (χ4v) is 2.13. The Morgan fingerprint density at radius 1 is 1.36 bits per heavy atom. The minimum absolute atomic E-state index is 0.0504. The van der Waals surface area contributed by atoms with Gasteiger partial charge in [0.1, 0.15) is 0 Å². The number of carbonyl (C=O) groups is 1. The molecule has 0 aliphatic rings. The van der Waals surface area contributed by atoms with E-state index in [2.05, 4.69) is 40.8 Å². The Bertz CT molecular complexity index is 898. The molecule has 25 heavy (non-hydrogen) atoms. The number of pyridine rings is 1. The van der Waals surface area contributed by atoms with Gasteiger partial charge in [0.25, 0.3) is 5.91 Å². The number of anilines is 1. The van der Waals surface area contributed by atoms with Crippen molar-refractivity contribution in [3.63, 3.8) is 0 Å². The number of hydrogen-bond donors (Lipinski definition) is 2. The van der Waals surface area contributed by atoms with Gasteiger partial charge in [-0.2, -0.15) is 9.78 Å². The van der Waals surface area contributed by atoms with Gasteiger partial charge in [-0.15, -0.1) is 5.10 Å². The van der Waals surface area contributed by atoms with E-state index in [1.807, 2.05) is 13.8 Å². The predicted octanol–water partition coefficient (Wildman–Crippen LogP) is 0.515. The van der Waals surface area contributed by atoms with Crippen LogP contribution in [0.3, 0.4) is 0 Å². The van der Waals surface area contributed by atoms with Gasteiger partial charge in [-0.1, -0.05) is 19.1 Å². The number of carbonyl (C=O) groups excluding carboxylic acids is 1. The van der Waals surface area contributed by atoms with Gasteiger partial charge < -0.3 is 5.73 Å². The average Bonchev–Trinajstić information content (AvgIpc) is 3.21. The molecule has 0 fully saturated rings. The van der Waals surface area contributed by atoms with Gasteiger partial charge in [0.2, 0.25) is 11.6 Å². The topological polar surface area (TPSA) is 150 Å². The van der Waals surface area contributed by atoms with Crippen molar-refractivity contribution in [3.8, 4) is 5.82 Å². The number of amides is 1. The fourth-order valence-electron chi connectivity index (χ4n) is 2.13. The minimum Gasteiger partial charge on any atom is -0.378 e. The predicted molar refractivity (Wildman–Crippen MR) is 87.0 cm³/mol. The second-order valence-corrected chi connectivity index (χ2v) is 5.34. The lowest BCUT2D eigenvalue weighted by Crippen LogP contribution is -2.21. The Morgan fingerprint density at radius 2 is 2.12 bits per heavy atom. The van der Waals surface area contributed by atoms with Gasteiger partial charge in [-0.3, -0.25) is 9.78 Å². The molecule has 0 bridgehead atoms. The van der Waals surface area contributed by atoms with Crippen molar-refractivity contribution in [2.45, 2.75) is 19.8 Å². The molecule has 0 unspecified atom stereocenters. The van der Waals surface area contributed by atoms with Crippen molar-refractivity contribution in [2.75, 3.05) is 5.73 Å². The third kappa shape index (κ3) is 3.34. The zero-order valence-electron chi connectivity index (χ0n) is 13.5. The van der Waals surface area contributed by atoms with E-state index in [0.29, 0.717) is 5.69 Å². The molecule has 0 atom stereocenters. The maximum absolute atomic E-state index is 12.4. The van der Waals surface area contributed by atoms with Crippen LogP contribution in [-0.2, 0) is 0 Å². The van der Waals surface area contributed by atoms with Crippen molar-refractivity contribution in [2.24, 2.45) is 5.10 Å². The zero-order valence-corrected chi connectivity index (χ0v) is 13.5. The summed E-state index contributed by atoms with van der Waals surface area (Å²) in [5.41, 5.74) is 9.53. The monoisotopic (exact) mass is 341 g/mol. The van der Waals surface area contributed by atoms with Crippen molar-refractivity contribution in [3.05, 3.63) is 41.5 Å². The first-order valence-electron chi connectivity index (χ1n) is 7.35. The smallest absolute Gasteiger partial charge is 0.293 e. The third-order valence-corrected chi connectivity index (χ3v) is 3.25. The standard InChI is InChI=1S/C14H15N9O2/c1-8(2)11-10(18-22-23(11)13-12(15)20-25-21-13)14(24)19-17-7-9-3-5-16-6-4-9/h3-8H,1-2H3,(H2,15,20)(H,19,24)/b17-7-. The molecule has 0 saturated heterocycles. The molecule has 11 heteroatoms. The number of hydrazone groups is 1. The third-order valence-electron chi connectivity index (χ3n) is 3.25.